The highest BCUT2D eigenvalue weighted by Gasteiger charge is 2.19. The third-order valence-electron chi connectivity index (χ3n) is 3.50. The van der Waals surface area contributed by atoms with Gasteiger partial charge in [-0.25, -0.2) is 0 Å². The van der Waals surface area contributed by atoms with Crippen molar-refractivity contribution in [1.29, 1.82) is 0 Å². The molecule has 106 valence electrons. The first-order valence-electron chi connectivity index (χ1n) is 6.73. The Morgan fingerprint density at radius 1 is 1.32 bits per heavy atom. The molecule has 1 aromatic carbocycles. The van der Waals surface area contributed by atoms with Gasteiger partial charge < -0.3 is 14.2 Å². The van der Waals surface area contributed by atoms with Crippen LogP contribution in [0.2, 0.25) is 0 Å². The van der Waals surface area contributed by atoms with Crippen molar-refractivity contribution >= 4 is 22.6 Å². The molecule has 0 aromatic heterocycles. The Morgan fingerprint density at radius 2 is 2.05 bits per heavy atom. The maximum atomic E-state index is 6.12. The van der Waals surface area contributed by atoms with Crippen molar-refractivity contribution in [3.05, 3.63) is 29.8 Å². The Bertz CT molecular complexity index is 377. The van der Waals surface area contributed by atoms with Gasteiger partial charge in [0.25, 0.3) is 0 Å². The topological polar surface area (TPSA) is 27.7 Å². The summed E-state index contributed by atoms with van der Waals surface area (Å²) in [5, 5.41) is 0. The molecule has 1 aromatic rings. The van der Waals surface area contributed by atoms with Gasteiger partial charge >= 0.3 is 0 Å². The highest BCUT2D eigenvalue weighted by Crippen LogP contribution is 2.30. The van der Waals surface area contributed by atoms with Crippen molar-refractivity contribution in [3.8, 4) is 5.75 Å². The number of halogens is 1. The van der Waals surface area contributed by atoms with E-state index in [0.717, 1.165) is 48.4 Å². The van der Waals surface area contributed by atoms with E-state index in [4.69, 9.17) is 14.2 Å². The van der Waals surface area contributed by atoms with Crippen LogP contribution in [0.3, 0.4) is 0 Å². The van der Waals surface area contributed by atoms with Crippen LogP contribution in [-0.4, -0.2) is 31.4 Å². The van der Waals surface area contributed by atoms with Crippen LogP contribution in [0.5, 0.6) is 5.75 Å². The molecule has 3 nitrogen and oxygen atoms in total. The van der Waals surface area contributed by atoms with Crippen LogP contribution in [0, 0.1) is 5.92 Å². The first-order chi connectivity index (χ1) is 9.35. The lowest BCUT2D eigenvalue weighted by molar-refractivity contribution is -0.00382. The van der Waals surface area contributed by atoms with Gasteiger partial charge in [-0.15, -0.1) is 0 Å². The minimum Gasteiger partial charge on any atom is -0.496 e. The molecule has 0 bridgehead atoms. The van der Waals surface area contributed by atoms with Crippen LogP contribution in [0.1, 0.15) is 24.5 Å². The number of para-hydroxylation sites is 1. The highest BCUT2D eigenvalue weighted by atomic mass is 127. The summed E-state index contributed by atoms with van der Waals surface area (Å²) in [5.41, 5.74) is 1.14. The molecule has 2 rings (SSSR count). The first kappa shape index (κ1) is 15.1. The van der Waals surface area contributed by atoms with Gasteiger partial charge in [0.1, 0.15) is 5.75 Å². The quantitative estimate of drug-likeness (QED) is 0.561. The van der Waals surface area contributed by atoms with E-state index < -0.39 is 0 Å². The Labute approximate surface area is 128 Å². The normalized spacial score (nSPS) is 18.2. The second-order valence-electron chi connectivity index (χ2n) is 4.77. The lowest BCUT2D eigenvalue weighted by Gasteiger charge is -2.25. The summed E-state index contributed by atoms with van der Waals surface area (Å²) >= 11 is 2.37. The second kappa shape index (κ2) is 8.07. The van der Waals surface area contributed by atoms with Crippen molar-refractivity contribution in [2.24, 2.45) is 5.92 Å². The van der Waals surface area contributed by atoms with E-state index in [-0.39, 0.29) is 6.10 Å². The molecule has 1 saturated heterocycles. The van der Waals surface area contributed by atoms with Crippen molar-refractivity contribution < 1.29 is 14.2 Å². The summed E-state index contributed by atoms with van der Waals surface area (Å²) in [6.45, 7) is 2.56. The zero-order valence-corrected chi connectivity index (χ0v) is 13.5. The summed E-state index contributed by atoms with van der Waals surface area (Å²) in [6.07, 6.45) is 2.33. The number of rotatable bonds is 6. The van der Waals surface area contributed by atoms with Gasteiger partial charge in [0.15, 0.2) is 0 Å². The van der Waals surface area contributed by atoms with E-state index >= 15 is 0 Å². The number of hydrogen-bond donors (Lipinski definition) is 0. The summed E-state index contributed by atoms with van der Waals surface area (Å²) in [6, 6.07) is 8.11. The van der Waals surface area contributed by atoms with Crippen LogP contribution in [-0.2, 0) is 9.47 Å². The van der Waals surface area contributed by atoms with E-state index in [0.29, 0.717) is 5.92 Å². The van der Waals surface area contributed by atoms with Crippen LogP contribution in [0.4, 0.5) is 0 Å². The molecule has 0 aliphatic carbocycles. The van der Waals surface area contributed by atoms with Crippen LogP contribution in [0.25, 0.3) is 0 Å². The molecule has 0 spiro atoms. The first-order valence-corrected chi connectivity index (χ1v) is 8.26. The number of hydrogen-bond acceptors (Lipinski definition) is 3. The molecule has 1 unspecified atom stereocenters. The van der Waals surface area contributed by atoms with E-state index in [1.807, 2.05) is 18.2 Å². The molecular formula is C15H21IO3. The fourth-order valence-corrected chi connectivity index (χ4v) is 3.04. The molecule has 1 aliphatic heterocycles. The van der Waals surface area contributed by atoms with E-state index in [9.17, 15) is 0 Å². The van der Waals surface area contributed by atoms with Crippen molar-refractivity contribution in [2.45, 2.75) is 18.9 Å². The van der Waals surface area contributed by atoms with Gasteiger partial charge in [-0.2, -0.15) is 0 Å². The molecular weight excluding hydrogens is 355 g/mol. The monoisotopic (exact) mass is 376 g/mol. The average molecular weight is 376 g/mol. The van der Waals surface area contributed by atoms with Crippen molar-refractivity contribution in [1.82, 2.24) is 0 Å². The Hall–Kier alpha value is -0.330. The zero-order chi connectivity index (χ0) is 13.5. The van der Waals surface area contributed by atoms with Gasteiger partial charge in [0.2, 0.25) is 0 Å². The van der Waals surface area contributed by atoms with E-state index in [2.05, 4.69) is 28.7 Å². The van der Waals surface area contributed by atoms with Gasteiger partial charge in [0, 0.05) is 23.2 Å². The lowest BCUT2D eigenvalue weighted by atomic mass is 10.0. The molecule has 0 N–H and O–H groups in total. The number of methoxy groups -OCH3 is 1. The molecule has 1 fully saturated rings. The van der Waals surface area contributed by atoms with Gasteiger partial charge in [-0.1, -0.05) is 40.8 Å². The van der Waals surface area contributed by atoms with E-state index in [1.54, 1.807) is 7.11 Å². The van der Waals surface area contributed by atoms with Crippen LogP contribution < -0.4 is 4.74 Å². The van der Waals surface area contributed by atoms with Crippen LogP contribution >= 0.6 is 22.6 Å². The summed E-state index contributed by atoms with van der Waals surface area (Å²) in [7, 11) is 1.71. The standard InChI is InChI=1S/C15H21IO3/c1-17-14-5-3-2-4-13(14)15(10-16)19-11-12-6-8-18-9-7-12/h2-5,12,15H,6-11H2,1H3. The predicted molar refractivity (Wildman–Crippen MR) is 84.1 cm³/mol. The SMILES string of the molecule is COc1ccccc1C(CI)OCC1CCOCC1. The molecule has 1 heterocycles. The molecule has 0 amide bonds. The third-order valence-corrected chi connectivity index (χ3v) is 4.30. The smallest absolute Gasteiger partial charge is 0.124 e. The fraction of sp³-hybridized carbons (Fsp3) is 0.600. The second-order valence-corrected chi connectivity index (χ2v) is 5.65. The largest absolute Gasteiger partial charge is 0.496 e. The third kappa shape index (κ3) is 4.33. The minimum atomic E-state index is 0.111. The molecule has 0 saturated carbocycles. The highest BCUT2D eigenvalue weighted by molar-refractivity contribution is 14.1. The van der Waals surface area contributed by atoms with Gasteiger partial charge in [-0.3, -0.25) is 0 Å². The Morgan fingerprint density at radius 3 is 2.74 bits per heavy atom. The number of ether oxygens (including phenoxy) is 3. The van der Waals surface area contributed by atoms with Crippen LogP contribution in [0.15, 0.2) is 24.3 Å². The lowest BCUT2D eigenvalue weighted by Crippen LogP contribution is -2.21. The van der Waals surface area contributed by atoms with Crippen molar-refractivity contribution in [3.63, 3.8) is 0 Å². The van der Waals surface area contributed by atoms with Crippen molar-refractivity contribution in [2.75, 3.05) is 31.4 Å². The van der Waals surface area contributed by atoms with Gasteiger partial charge in [0.05, 0.1) is 19.8 Å². The molecule has 4 heteroatoms. The fourth-order valence-electron chi connectivity index (χ4n) is 2.32. The number of benzene rings is 1. The summed E-state index contributed by atoms with van der Waals surface area (Å²) < 4.78 is 17.8. The Balaban J connectivity index is 1.95. The van der Waals surface area contributed by atoms with Gasteiger partial charge in [-0.05, 0) is 24.8 Å². The average Bonchev–Trinajstić information content (AvgIpc) is 2.49. The molecule has 1 aliphatic rings. The molecule has 19 heavy (non-hydrogen) atoms. The maximum absolute atomic E-state index is 6.12. The zero-order valence-electron chi connectivity index (χ0n) is 11.3. The Kier molecular flexibility index (Phi) is 6.40. The number of alkyl halides is 1. The maximum Gasteiger partial charge on any atom is 0.124 e. The van der Waals surface area contributed by atoms with E-state index in [1.165, 1.54) is 0 Å². The predicted octanol–water partition coefficient (Wildman–Crippen LogP) is 3.61. The molecule has 0 radical (unpaired) electrons. The minimum absolute atomic E-state index is 0.111. The summed E-state index contributed by atoms with van der Waals surface area (Å²) in [5.74, 6) is 1.55. The summed E-state index contributed by atoms with van der Waals surface area (Å²) in [4.78, 5) is 0. The molecule has 1 atom stereocenters.